The van der Waals surface area contributed by atoms with Gasteiger partial charge in [0.2, 0.25) is 0 Å². The maximum absolute atomic E-state index is 2.36. The first-order valence-corrected chi connectivity index (χ1v) is 16.6. The van der Waals surface area contributed by atoms with Crippen molar-refractivity contribution in [1.82, 2.24) is 0 Å². The average molecular weight is 508 g/mol. The third-order valence-electron chi connectivity index (χ3n) is 6.94. The van der Waals surface area contributed by atoms with Crippen LogP contribution in [0.5, 0.6) is 0 Å². The Hall–Kier alpha value is 0.910. The molecule has 184 valence electrons. The predicted octanol–water partition coefficient (Wildman–Crippen LogP) is 7.89. The molecule has 0 radical (unpaired) electrons. The quantitative estimate of drug-likeness (QED) is 0.0920. The van der Waals surface area contributed by atoms with Crippen LogP contribution in [0.4, 0.5) is 0 Å². The molecule has 0 atom stereocenters. The second-order valence-corrected chi connectivity index (χ2v) is 14.4. The number of rotatable bonds is 24. The molecule has 0 bridgehead atoms. The zero-order valence-corrected chi connectivity index (χ0v) is 24.3. The lowest BCUT2D eigenvalue weighted by molar-refractivity contribution is -0.00000667. The molecular weight excluding hydrogens is 447 g/mol. The minimum absolute atomic E-state index is 0. The van der Waals surface area contributed by atoms with E-state index in [2.05, 4.69) is 27.7 Å². The highest BCUT2D eigenvalue weighted by Gasteiger charge is 2.34. The zero-order valence-electron chi connectivity index (χ0n) is 21.8. The SMILES string of the molecule is CCCCCCCCCC[P+](CCCCCC)(CCCCCC)CCCCCC.[Br-]. The van der Waals surface area contributed by atoms with Crippen molar-refractivity contribution in [2.45, 2.75) is 156 Å². The van der Waals surface area contributed by atoms with Gasteiger partial charge in [0.1, 0.15) is 0 Å². The van der Waals surface area contributed by atoms with E-state index < -0.39 is 7.26 Å². The summed E-state index contributed by atoms with van der Waals surface area (Å²) in [6.07, 6.45) is 36.1. The van der Waals surface area contributed by atoms with Crippen LogP contribution in [-0.4, -0.2) is 24.6 Å². The summed E-state index contributed by atoms with van der Waals surface area (Å²) in [5.74, 6) is 0. The minimum atomic E-state index is -0.683. The van der Waals surface area contributed by atoms with Crippen LogP contribution in [0.1, 0.15) is 156 Å². The Bertz CT molecular complexity index is 274. The van der Waals surface area contributed by atoms with Gasteiger partial charge >= 0.3 is 0 Å². The van der Waals surface area contributed by atoms with Crippen molar-refractivity contribution in [3.05, 3.63) is 0 Å². The Balaban J connectivity index is 0. The molecule has 0 aromatic carbocycles. The van der Waals surface area contributed by atoms with E-state index in [4.69, 9.17) is 0 Å². The largest absolute Gasteiger partial charge is 1.00 e. The zero-order chi connectivity index (χ0) is 21.5. The normalized spacial score (nSPS) is 11.6. The van der Waals surface area contributed by atoms with Crippen LogP contribution in [-0.2, 0) is 0 Å². The molecule has 30 heavy (non-hydrogen) atoms. The summed E-state index contributed by atoms with van der Waals surface area (Å²) in [7, 11) is -0.683. The lowest BCUT2D eigenvalue weighted by atomic mass is 10.1. The average Bonchev–Trinajstić information content (AvgIpc) is 2.73. The van der Waals surface area contributed by atoms with E-state index in [0.29, 0.717) is 0 Å². The van der Waals surface area contributed by atoms with Gasteiger partial charge in [-0.05, 0) is 51.4 Å². The summed E-state index contributed by atoms with van der Waals surface area (Å²) in [6.45, 7) is 9.40. The summed E-state index contributed by atoms with van der Waals surface area (Å²) in [5, 5.41) is 0. The summed E-state index contributed by atoms with van der Waals surface area (Å²) in [6, 6.07) is 0. The third kappa shape index (κ3) is 20.8. The second-order valence-electron chi connectivity index (χ2n) is 9.89. The first-order valence-electron chi connectivity index (χ1n) is 14.1. The maximum atomic E-state index is 2.36. The molecule has 0 spiro atoms. The number of unbranched alkanes of at least 4 members (excludes halogenated alkanes) is 16. The molecular formula is C28H60BrP. The minimum Gasteiger partial charge on any atom is -1.00 e. The van der Waals surface area contributed by atoms with Crippen molar-refractivity contribution in [1.29, 1.82) is 0 Å². The van der Waals surface area contributed by atoms with Crippen LogP contribution < -0.4 is 17.0 Å². The first kappa shape index (κ1) is 33.1. The maximum Gasteiger partial charge on any atom is 0.0594 e. The molecule has 0 heterocycles. The van der Waals surface area contributed by atoms with Gasteiger partial charge in [-0.25, -0.2) is 0 Å². The van der Waals surface area contributed by atoms with Crippen molar-refractivity contribution in [2.24, 2.45) is 0 Å². The van der Waals surface area contributed by atoms with Crippen LogP contribution in [0.15, 0.2) is 0 Å². The summed E-state index contributed by atoms with van der Waals surface area (Å²) < 4.78 is 0. The van der Waals surface area contributed by atoms with Crippen molar-refractivity contribution < 1.29 is 17.0 Å². The van der Waals surface area contributed by atoms with Crippen molar-refractivity contribution >= 4 is 7.26 Å². The lowest BCUT2D eigenvalue weighted by Gasteiger charge is -2.28. The van der Waals surface area contributed by atoms with Gasteiger partial charge in [0.15, 0.2) is 0 Å². The fraction of sp³-hybridized carbons (Fsp3) is 1.00. The molecule has 0 aromatic heterocycles. The highest BCUT2D eigenvalue weighted by atomic mass is 79.9. The van der Waals surface area contributed by atoms with Gasteiger partial charge in [-0.1, -0.05) is 105 Å². The Kier molecular flexibility index (Phi) is 28.9. The van der Waals surface area contributed by atoms with Gasteiger partial charge in [0.25, 0.3) is 0 Å². The molecule has 0 N–H and O–H groups in total. The van der Waals surface area contributed by atoms with Crippen LogP contribution in [0.3, 0.4) is 0 Å². The smallest absolute Gasteiger partial charge is 0.0594 e. The molecule has 2 heteroatoms. The molecule has 0 nitrogen and oxygen atoms in total. The monoisotopic (exact) mass is 506 g/mol. The Morgan fingerprint density at radius 3 is 0.767 bits per heavy atom. The fourth-order valence-electron chi connectivity index (χ4n) is 4.87. The molecule has 0 amide bonds. The third-order valence-corrected chi connectivity index (χ3v) is 12.0. The standard InChI is InChI=1S/C28H60P.BrH/c1-5-9-13-17-18-19-20-24-28-29(25-21-14-10-6-2,26-22-15-11-7-3)27-23-16-12-8-4;/h5-28H2,1-4H3;1H/q+1;/p-1. The molecule has 0 aliphatic heterocycles. The Morgan fingerprint density at radius 1 is 0.300 bits per heavy atom. The van der Waals surface area contributed by atoms with E-state index in [1.165, 1.54) is 103 Å². The predicted molar refractivity (Wildman–Crippen MR) is 141 cm³/mol. The van der Waals surface area contributed by atoms with Gasteiger partial charge in [0, 0.05) is 7.26 Å². The highest BCUT2D eigenvalue weighted by Crippen LogP contribution is 2.61. The highest BCUT2D eigenvalue weighted by molar-refractivity contribution is 7.75. The molecule has 0 unspecified atom stereocenters. The van der Waals surface area contributed by atoms with Crippen molar-refractivity contribution in [3.8, 4) is 0 Å². The van der Waals surface area contributed by atoms with Gasteiger partial charge in [-0.2, -0.15) is 0 Å². The van der Waals surface area contributed by atoms with Gasteiger partial charge in [-0.15, -0.1) is 0 Å². The molecule has 0 rings (SSSR count). The van der Waals surface area contributed by atoms with Crippen LogP contribution in [0.25, 0.3) is 0 Å². The Labute approximate surface area is 204 Å². The first-order chi connectivity index (χ1) is 14.2. The van der Waals surface area contributed by atoms with Crippen molar-refractivity contribution in [3.63, 3.8) is 0 Å². The Morgan fingerprint density at radius 2 is 0.500 bits per heavy atom. The summed E-state index contributed by atoms with van der Waals surface area (Å²) in [5.41, 5.74) is 0. The van der Waals surface area contributed by atoms with Crippen LogP contribution in [0.2, 0.25) is 0 Å². The number of hydrogen-bond donors (Lipinski definition) is 0. The molecule has 0 saturated carbocycles. The molecule has 0 saturated heterocycles. The fourth-order valence-corrected chi connectivity index (χ4v) is 9.79. The van der Waals surface area contributed by atoms with Gasteiger partial charge in [0.05, 0.1) is 24.6 Å². The van der Waals surface area contributed by atoms with Crippen LogP contribution >= 0.6 is 7.26 Å². The van der Waals surface area contributed by atoms with E-state index in [1.54, 1.807) is 50.3 Å². The van der Waals surface area contributed by atoms with E-state index in [0.717, 1.165) is 0 Å². The van der Waals surface area contributed by atoms with Gasteiger partial charge < -0.3 is 17.0 Å². The van der Waals surface area contributed by atoms with E-state index in [-0.39, 0.29) is 17.0 Å². The molecule has 0 aromatic rings. The van der Waals surface area contributed by atoms with Gasteiger partial charge in [-0.3, -0.25) is 0 Å². The van der Waals surface area contributed by atoms with E-state index in [1.807, 2.05) is 0 Å². The van der Waals surface area contributed by atoms with E-state index in [9.17, 15) is 0 Å². The summed E-state index contributed by atoms with van der Waals surface area (Å²) in [4.78, 5) is 0. The topological polar surface area (TPSA) is 0 Å². The van der Waals surface area contributed by atoms with Crippen LogP contribution in [0, 0.1) is 0 Å². The molecule has 0 aliphatic carbocycles. The molecule has 0 fully saturated rings. The number of hydrogen-bond acceptors (Lipinski definition) is 0. The second kappa shape index (κ2) is 26.2. The van der Waals surface area contributed by atoms with E-state index >= 15 is 0 Å². The number of halogens is 1. The molecule has 0 aliphatic rings. The lowest BCUT2D eigenvalue weighted by Crippen LogP contribution is -3.00. The van der Waals surface area contributed by atoms with Crippen molar-refractivity contribution in [2.75, 3.05) is 24.6 Å². The summed E-state index contributed by atoms with van der Waals surface area (Å²) >= 11 is 0.